The van der Waals surface area contributed by atoms with E-state index in [0.717, 1.165) is 31.0 Å². The van der Waals surface area contributed by atoms with Crippen molar-refractivity contribution < 1.29 is 22.0 Å². The van der Waals surface area contributed by atoms with Gasteiger partial charge in [-0.3, -0.25) is 9.52 Å². The second-order valence-corrected chi connectivity index (χ2v) is 9.93. The molecule has 35 heavy (non-hydrogen) atoms. The molecular weight excluding hydrogens is 471 g/mol. The third kappa shape index (κ3) is 4.83. The Labute approximate surface area is 201 Å². The van der Waals surface area contributed by atoms with Crippen LogP contribution in [0.15, 0.2) is 82.1 Å². The summed E-state index contributed by atoms with van der Waals surface area (Å²) in [5.74, 6) is -1.20. The molecule has 1 unspecified atom stereocenters. The fourth-order valence-electron chi connectivity index (χ4n) is 4.19. The Kier molecular flexibility index (Phi) is 6.12. The minimum atomic E-state index is -4.14. The average Bonchev–Trinajstić information content (AvgIpc) is 3.49. The number of oxazole rings is 1. The maximum Gasteiger partial charge on any atom is 0.298 e. The lowest BCUT2D eigenvalue weighted by atomic mass is 10.1. The summed E-state index contributed by atoms with van der Waals surface area (Å²) < 4.78 is 47.3. The van der Waals surface area contributed by atoms with Crippen LogP contribution in [0.2, 0.25) is 0 Å². The number of aromatic nitrogens is 1. The second-order valence-electron chi connectivity index (χ2n) is 8.28. The molecule has 2 N–H and O–H groups in total. The third-order valence-electron chi connectivity index (χ3n) is 5.91. The first kappa shape index (κ1) is 22.9. The Hall–Kier alpha value is -3.92. The van der Waals surface area contributed by atoms with Crippen LogP contribution in [0, 0.1) is 5.82 Å². The summed E-state index contributed by atoms with van der Waals surface area (Å²) in [5.41, 5.74) is 1.94. The number of carbonyl (C=O) groups is 1. The molecule has 3 aromatic carbocycles. The highest BCUT2D eigenvalue weighted by molar-refractivity contribution is 7.92. The number of anilines is 2. The van der Waals surface area contributed by atoms with Gasteiger partial charge in [0.15, 0.2) is 5.58 Å². The summed E-state index contributed by atoms with van der Waals surface area (Å²) in [6.07, 6.45) is 1.83. The molecule has 0 aliphatic carbocycles. The maximum atomic E-state index is 14.0. The lowest BCUT2D eigenvalue weighted by molar-refractivity contribution is 0.0951. The second kappa shape index (κ2) is 9.38. The number of sulfonamides is 1. The van der Waals surface area contributed by atoms with E-state index in [9.17, 15) is 17.6 Å². The van der Waals surface area contributed by atoms with Gasteiger partial charge in [0.25, 0.3) is 21.9 Å². The highest BCUT2D eigenvalue weighted by atomic mass is 32.2. The van der Waals surface area contributed by atoms with Crippen molar-refractivity contribution in [2.24, 2.45) is 0 Å². The van der Waals surface area contributed by atoms with Crippen LogP contribution in [0.3, 0.4) is 0 Å². The van der Waals surface area contributed by atoms with Crippen LogP contribution in [-0.4, -0.2) is 38.4 Å². The highest BCUT2D eigenvalue weighted by Gasteiger charge is 2.29. The molecule has 1 aliphatic rings. The van der Waals surface area contributed by atoms with E-state index in [1.165, 1.54) is 30.3 Å². The van der Waals surface area contributed by atoms with Crippen molar-refractivity contribution in [1.29, 1.82) is 0 Å². The summed E-state index contributed by atoms with van der Waals surface area (Å²) >= 11 is 0. The molecule has 1 fully saturated rings. The van der Waals surface area contributed by atoms with Crippen LogP contribution in [0.5, 0.6) is 0 Å². The predicted molar refractivity (Wildman–Crippen MR) is 130 cm³/mol. The van der Waals surface area contributed by atoms with Crippen molar-refractivity contribution in [2.45, 2.75) is 23.8 Å². The van der Waals surface area contributed by atoms with E-state index < -0.39 is 20.7 Å². The van der Waals surface area contributed by atoms with E-state index in [2.05, 4.69) is 19.9 Å². The largest absolute Gasteiger partial charge is 0.423 e. The van der Waals surface area contributed by atoms with Crippen LogP contribution in [-0.2, 0) is 10.0 Å². The molecule has 5 rings (SSSR count). The van der Waals surface area contributed by atoms with Gasteiger partial charge in [-0.05, 0) is 55.3 Å². The molecule has 0 saturated carbocycles. The number of para-hydroxylation sites is 2. The molecule has 1 saturated heterocycles. The molecule has 1 atom stereocenters. The molecule has 1 aliphatic heterocycles. The number of rotatable bonds is 7. The number of nitrogens with one attached hydrogen (secondary N) is 2. The van der Waals surface area contributed by atoms with Crippen molar-refractivity contribution in [2.75, 3.05) is 22.7 Å². The molecular formula is C25H23FN4O4S. The van der Waals surface area contributed by atoms with Crippen molar-refractivity contribution >= 4 is 38.7 Å². The van der Waals surface area contributed by atoms with Gasteiger partial charge >= 0.3 is 0 Å². The lowest BCUT2D eigenvalue weighted by Crippen LogP contribution is -2.40. The summed E-state index contributed by atoms with van der Waals surface area (Å²) in [5, 5.41) is 2.92. The molecule has 1 aromatic heterocycles. The number of amides is 1. The Morgan fingerprint density at radius 2 is 1.89 bits per heavy atom. The summed E-state index contributed by atoms with van der Waals surface area (Å²) in [6.45, 7) is 1.16. The number of halogens is 1. The van der Waals surface area contributed by atoms with Gasteiger partial charge in [0.2, 0.25) is 0 Å². The smallest absolute Gasteiger partial charge is 0.298 e. The average molecular weight is 495 g/mol. The van der Waals surface area contributed by atoms with Gasteiger partial charge in [-0.2, -0.15) is 4.98 Å². The van der Waals surface area contributed by atoms with Crippen molar-refractivity contribution in [3.63, 3.8) is 0 Å². The number of hydrogen-bond donors (Lipinski definition) is 2. The van der Waals surface area contributed by atoms with Crippen LogP contribution < -0.4 is 14.9 Å². The first-order valence-corrected chi connectivity index (χ1v) is 12.7. The number of carbonyl (C=O) groups excluding carboxylic acids is 1. The minimum absolute atomic E-state index is 0.0229. The van der Waals surface area contributed by atoms with Gasteiger partial charge in [-0.25, -0.2) is 12.8 Å². The van der Waals surface area contributed by atoms with Crippen LogP contribution in [0.4, 0.5) is 16.1 Å². The fraction of sp³-hybridized carbons (Fsp3) is 0.200. The molecule has 180 valence electrons. The van der Waals surface area contributed by atoms with Gasteiger partial charge in [0.05, 0.1) is 6.04 Å². The van der Waals surface area contributed by atoms with E-state index in [1.54, 1.807) is 12.1 Å². The van der Waals surface area contributed by atoms with Crippen LogP contribution >= 0.6 is 0 Å². The van der Waals surface area contributed by atoms with E-state index in [0.29, 0.717) is 18.1 Å². The van der Waals surface area contributed by atoms with Crippen LogP contribution in [0.1, 0.15) is 23.2 Å². The zero-order chi connectivity index (χ0) is 24.4. The molecule has 4 aromatic rings. The number of hydrogen-bond acceptors (Lipinski definition) is 6. The van der Waals surface area contributed by atoms with Crippen molar-refractivity contribution in [1.82, 2.24) is 10.3 Å². The van der Waals surface area contributed by atoms with Crippen LogP contribution in [0.25, 0.3) is 11.1 Å². The Morgan fingerprint density at radius 1 is 1.09 bits per heavy atom. The topological polar surface area (TPSA) is 105 Å². The van der Waals surface area contributed by atoms with E-state index in [1.807, 2.05) is 24.3 Å². The normalized spacial score (nSPS) is 15.9. The Balaban J connectivity index is 1.25. The van der Waals surface area contributed by atoms with Crippen molar-refractivity contribution in [3.05, 3.63) is 84.2 Å². The maximum absolute atomic E-state index is 14.0. The molecule has 10 heteroatoms. The Morgan fingerprint density at radius 3 is 2.71 bits per heavy atom. The first-order chi connectivity index (χ1) is 16.9. The zero-order valence-electron chi connectivity index (χ0n) is 18.6. The third-order valence-corrected chi connectivity index (χ3v) is 7.32. The number of benzene rings is 3. The zero-order valence-corrected chi connectivity index (χ0v) is 19.5. The summed E-state index contributed by atoms with van der Waals surface area (Å²) in [6, 6.07) is 19.3. The van der Waals surface area contributed by atoms with Gasteiger partial charge in [-0.1, -0.05) is 30.3 Å². The summed E-state index contributed by atoms with van der Waals surface area (Å²) in [4.78, 5) is 19.0. The SMILES string of the molecule is O=C(NCC1CCCN1c1nc2ccccc2o1)c1cccc(NS(=O)(=O)c2ccccc2F)c1. The molecule has 8 nitrogen and oxygen atoms in total. The predicted octanol–water partition coefficient (Wildman–Crippen LogP) is 4.17. The standard InChI is InChI=1S/C25H23FN4O4S/c26-20-10-1-4-13-23(20)35(32,33)29-18-8-5-7-17(15-18)24(31)27-16-19-9-6-14-30(19)25-28-21-11-2-3-12-22(21)34-25/h1-5,7-8,10-13,15,19,29H,6,9,14,16H2,(H,27,31). The van der Waals surface area contributed by atoms with Gasteiger partial charge in [-0.15, -0.1) is 0 Å². The first-order valence-electron chi connectivity index (χ1n) is 11.2. The monoisotopic (exact) mass is 494 g/mol. The Bertz CT molecular complexity index is 1450. The van der Waals surface area contributed by atoms with Gasteiger partial charge < -0.3 is 14.6 Å². The lowest BCUT2D eigenvalue weighted by Gasteiger charge is -2.23. The quantitative estimate of drug-likeness (QED) is 0.400. The molecule has 0 bridgehead atoms. The van der Waals surface area contributed by atoms with Gasteiger partial charge in [0.1, 0.15) is 16.2 Å². The molecule has 2 heterocycles. The molecule has 0 radical (unpaired) electrons. The van der Waals surface area contributed by atoms with E-state index in [4.69, 9.17) is 4.42 Å². The van der Waals surface area contributed by atoms with E-state index >= 15 is 0 Å². The minimum Gasteiger partial charge on any atom is -0.423 e. The molecule has 1 amide bonds. The number of nitrogens with zero attached hydrogens (tertiary/aromatic N) is 2. The highest BCUT2D eigenvalue weighted by Crippen LogP contribution is 2.28. The number of fused-ring (bicyclic) bond motifs is 1. The van der Waals surface area contributed by atoms with E-state index in [-0.39, 0.29) is 23.2 Å². The molecule has 0 spiro atoms. The fourth-order valence-corrected chi connectivity index (χ4v) is 5.32. The van der Waals surface area contributed by atoms with Gasteiger partial charge in [0, 0.05) is 24.3 Å². The van der Waals surface area contributed by atoms with Crippen molar-refractivity contribution in [3.8, 4) is 0 Å². The summed E-state index contributed by atoms with van der Waals surface area (Å²) in [7, 11) is -4.14.